The summed E-state index contributed by atoms with van der Waals surface area (Å²) < 4.78 is 0. The molecule has 0 saturated heterocycles. The maximum absolute atomic E-state index is 9.94. The number of hydrogen-bond donors (Lipinski definition) is 1. The third kappa shape index (κ3) is 4.52. The van der Waals surface area contributed by atoms with Crippen molar-refractivity contribution in [2.75, 3.05) is 0 Å². The Balaban J connectivity index is 2.39. The molecule has 0 bridgehead atoms. The molecule has 0 aliphatic heterocycles. The predicted molar refractivity (Wildman–Crippen MR) is 70.4 cm³/mol. The summed E-state index contributed by atoms with van der Waals surface area (Å²) in [5.74, 6) is 0.444. The summed E-state index contributed by atoms with van der Waals surface area (Å²) in [6.07, 6.45) is 10.4. The first-order valence-corrected chi connectivity index (χ1v) is 6.43. The summed E-state index contributed by atoms with van der Waals surface area (Å²) in [7, 11) is 0. The molecule has 0 saturated carbocycles. The molecule has 0 radical (unpaired) electrons. The van der Waals surface area contributed by atoms with E-state index in [4.69, 9.17) is 0 Å². The second kappa shape index (κ2) is 5.67. The first kappa shape index (κ1) is 13.5. The number of allylic oxidation sites excluding steroid dienone is 4. The Bertz CT molecular complexity index is 274. The number of hydrogen-bond acceptors (Lipinski definition) is 1. The molecule has 1 aliphatic rings. The van der Waals surface area contributed by atoms with E-state index in [1.807, 2.05) is 13.8 Å². The molecule has 0 aromatic rings. The molecule has 1 nitrogen and oxygen atoms in total. The molecular formula is C15H26O. The highest BCUT2D eigenvalue weighted by atomic mass is 16.3. The van der Waals surface area contributed by atoms with Gasteiger partial charge in [0.05, 0.1) is 5.60 Å². The van der Waals surface area contributed by atoms with Crippen LogP contribution in [0, 0.1) is 5.92 Å². The minimum absolute atomic E-state index is 0.444. The number of aliphatic hydroxyl groups is 1. The van der Waals surface area contributed by atoms with Gasteiger partial charge in [0.15, 0.2) is 0 Å². The minimum atomic E-state index is -0.512. The van der Waals surface area contributed by atoms with Crippen LogP contribution >= 0.6 is 0 Å². The Morgan fingerprint density at radius 2 is 2.19 bits per heavy atom. The van der Waals surface area contributed by atoms with Gasteiger partial charge >= 0.3 is 0 Å². The van der Waals surface area contributed by atoms with Gasteiger partial charge < -0.3 is 5.11 Å². The molecule has 1 rings (SSSR count). The monoisotopic (exact) mass is 222 g/mol. The lowest BCUT2D eigenvalue weighted by Gasteiger charge is -2.32. The lowest BCUT2D eigenvalue weighted by Crippen LogP contribution is -2.31. The maximum Gasteiger partial charge on any atom is 0.0622 e. The smallest absolute Gasteiger partial charge is 0.0622 e. The zero-order chi connectivity index (χ0) is 12.2. The van der Waals surface area contributed by atoms with Crippen LogP contribution in [-0.2, 0) is 0 Å². The van der Waals surface area contributed by atoms with Crippen LogP contribution in [0.5, 0.6) is 0 Å². The lowest BCUT2D eigenvalue weighted by atomic mass is 9.79. The van der Waals surface area contributed by atoms with Crippen molar-refractivity contribution in [3.05, 3.63) is 23.3 Å². The van der Waals surface area contributed by atoms with E-state index in [2.05, 4.69) is 26.0 Å². The molecule has 1 heteroatoms. The van der Waals surface area contributed by atoms with Crippen molar-refractivity contribution < 1.29 is 5.11 Å². The third-order valence-corrected chi connectivity index (χ3v) is 3.52. The van der Waals surface area contributed by atoms with Crippen LogP contribution < -0.4 is 0 Å². The molecular weight excluding hydrogens is 196 g/mol. The summed E-state index contributed by atoms with van der Waals surface area (Å²) in [5, 5.41) is 9.94. The van der Waals surface area contributed by atoms with Gasteiger partial charge in [-0.1, -0.05) is 23.3 Å². The topological polar surface area (TPSA) is 20.2 Å². The highest BCUT2D eigenvalue weighted by molar-refractivity contribution is 5.09. The Hall–Kier alpha value is -0.560. The SMILES string of the molecule is CC(C)=CCCC1=CCC(C(C)(C)O)CC1. The molecule has 92 valence electrons. The van der Waals surface area contributed by atoms with Crippen LogP contribution in [0.2, 0.25) is 0 Å². The van der Waals surface area contributed by atoms with Crippen molar-refractivity contribution in [2.24, 2.45) is 5.92 Å². The fourth-order valence-electron chi connectivity index (χ4n) is 2.30. The summed E-state index contributed by atoms with van der Waals surface area (Å²) >= 11 is 0. The summed E-state index contributed by atoms with van der Waals surface area (Å²) in [6, 6.07) is 0. The van der Waals surface area contributed by atoms with Gasteiger partial charge in [-0.3, -0.25) is 0 Å². The quantitative estimate of drug-likeness (QED) is 0.706. The molecule has 0 amide bonds. The zero-order valence-electron chi connectivity index (χ0n) is 11.2. The molecule has 0 fully saturated rings. The highest BCUT2D eigenvalue weighted by Crippen LogP contribution is 2.33. The first-order chi connectivity index (χ1) is 7.39. The van der Waals surface area contributed by atoms with Crippen LogP contribution in [0.4, 0.5) is 0 Å². The van der Waals surface area contributed by atoms with E-state index < -0.39 is 5.60 Å². The summed E-state index contributed by atoms with van der Waals surface area (Å²) in [6.45, 7) is 8.17. The van der Waals surface area contributed by atoms with E-state index in [0.717, 1.165) is 12.8 Å². The van der Waals surface area contributed by atoms with E-state index >= 15 is 0 Å². The van der Waals surface area contributed by atoms with Gasteiger partial charge in [-0.15, -0.1) is 0 Å². The normalized spacial score (nSPS) is 21.6. The summed E-state index contributed by atoms with van der Waals surface area (Å²) in [5.41, 5.74) is 2.48. The van der Waals surface area contributed by atoms with Gasteiger partial charge in [-0.2, -0.15) is 0 Å². The van der Waals surface area contributed by atoms with E-state index in [-0.39, 0.29) is 0 Å². The van der Waals surface area contributed by atoms with Crippen molar-refractivity contribution in [1.82, 2.24) is 0 Å². The first-order valence-electron chi connectivity index (χ1n) is 6.43. The third-order valence-electron chi connectivity index (χ3n) is 3.52. The Morgan fingerprint density at radius 3 is 2.62 bits per heavy atom. The summed E-state index contributed by atoms with van der Waals surface area (Å²) in [4.78, 5) is 0. The second-order valence-electron chi connectivity index (χ2n) is 5.81. The van der Waals surface area contributed by atoms with Crippen molar-refractivity contribution >= 4 is 0 Å². The molecule has 0 heterocycles. The van der Waals surface area contributed by atoms with E-state index in [9.17, 15) is 5.11 Å². The average molecular weight is 222 g/mol. The van der Waals surface area contributed by atoms with E-state index in [1.54, 1.807) is 5.57 Å². The van der Waals surface area contributed by atoms with Crippen molar-refractivity contribution in [3.63, 3.8) is 0 Å². The molecule has 0 aromatic heterocycles. The van der Waals surface area contributed by atoms with Crippen molar-refractivity contribution in [1.29, 1.82) is 0 Å². The average Bonchev–Trinajstić information content (AvgIpc) is 2.16. The molecule has 0 spiro atoms. The van der Waals surface area contributed by atoms with Crippen LogP contribution in [0.15, 0.2) is 23.3 Å². The largest absolute Gasteiger partial charge is 0.390 e. The molecule has 1 unspecified atom stereocenters. The molecule has 1 atom stereocenters. The lowest BCUT2D eigenvalue weighted by molar-refractivity contribution is 0.0125. The van der Waals surface area contributed by atoms with Crippen LogP contribution in [-0.4, -0.2) is 10.7 Å². The zero-order valence-corrected chi connectivity index (χ0v) is 11.2. The maximum atomic E-state index is 9.94. The standard InChI is InChI=1S/C15H26O/c1-12(2)6-5-7-13-8-10-14(11-9-13)15(3,4)16/h6,8,14,16H,5,7,9-11H2,1-4H3. The fraction of sp³-hybridized carbons (Fsp3) is 0.733. The highest BCUT2D eigenvalue weighted by Gasteiger charge is 2.27. The van der Waals surface area contributed by atoms with Gasteiger partial charge in [0.2, 0.25) is 0 Å². The van der Waals surface area contributed by atoms with Crippen LogP contribution in [0.3, 0.4) is 0 Å². The van der Waals surface area contributed by atoms with Gasteiger partial charge in [-0.05, 0) is 65.7 Å². The molecule has 0 aromatic carbocycles. The molecule has 16 heavy (non-hydrogen) atoms. The number of rotatable bonds is 4. The predicted octanol–water partition coefficient (Wildman–Crippen LogP) is 4.23. The van der Waals surface area contributed by atoms with Crippen molar-refractivity contribution in [2.45, 2.75) is 65.4 Å². The van der Waals surface area contributed by atoms with Gasteiger partial charge in [0.25, 0.3) is 0 Å². The van der Waals surface area contributed by atoms with E-state index in [1.165, 1.54) is 24.8 Å². The molecule has 1 N–H and O–H groups in total. The Labute approximate surface area is 100 Å². The van der Waals surface area contributed by atoms with Gasteiger partial charge in [0.1, 0.15) is 0 Å². The Morgan fingerprint density at radius 1 is 1.50 bits per heavy atom. The van der Waals surface area contributed by atoms with Crippen LogP contribution in [0.1, 0.15) is 59.8 Å². The van der Waals surface area contributed by atoms with Gasteiger partial charge in [-0.25, -0.2) is 0 Å². The minimum Gasteiger partial charge on any atom is -0.390 e. The van der Waals surface area contributed by atoms with E-state index in [0.29, 0.717) is 5.92 Å². The molecule has 1 aliphatic carbocycles. The Kier molecular flexibility index (Phi) is 4.79. The van der Waals surface area contributed by atoms with Gasteiger partial charge in [0, 0.05) is 0 Å². The van der Waals surface area contributed by atoms with Crippen LogP contribution in [0.25, 0.3) is 0 Å². The second-order valence-corrected chi connectivity index (χ2v) is 5.81. The fourth-order valence-corrected chi connectivity index (χ4v) is 2.30. The van der Waals surface area contributed by atoms with Crippen molar-refractivity contribution in [3.8, 4) is 0 Å².